The number of anilines is 1. The third-order valence-corrected chi connectivity index (χ3v) is 1.50. The molecule has 0 fully saturated rings. The summed E-state index contributed by atoms with van der Waals surface area (Å²) in [5.74, 6) is 0. The van der Waals surface area contributed by atoms with E-state index in [2.05, 4.69) is 5.32 Å². The molecule has 0 unspecified atom stereocenters. The number of nitro groups is 1. The Balaban J connectivity index is 2.55. The smallest absolute Gasteiger partial charge is 0.250 e. The molecule has 4 nitrogen and oxygen atoms in total. The Morgan fingerprint density at radius 2 is 2.00 bits per heavy atom. The van der Waals surface area contributed by atoms with Crippen molar-refractivity contribution < 1.29 is 4.92 Å². The molecule has 0 atom stereocenters. The molecule has 1 aromatic rings. The van der Waals surface area contributed by atoms with Gasteiger partial charge in [0.05, 0.1) is 11.1 Å². The summed E-state index contributed by atoms with van der Waals surface area (Å²) in [7, 11) is 0. The summed E-state index contributed by atoms with van der Waals surface area (Å²) in [5, 5.41) is 12.7. The Morgan fingerprint density at radius 3 is 2.54 bits per heavy atom. The van der Waals surface area contributed by atoms with Crippen molar-refractivity contribution in [2.75, 3.05) is 5.32 Å². The molecule has 1 N–H and O–H groups in total. The Hall–Kier alpha value is -1.84. The second-order valence-electron chi connectivity index (χ2n) is 2.61. The lowest BCUT2D eigenvalue weighted by Gasteiger charge is -1.98. The van der Waals surface area contributed by atoms with Gasteiger partial charge in [0.1, 0.15) is 0 Å². The topological polar surface area (TPSA) is 55.2 Å². The van der Waals surface area contributed by atoms with E-state index in [4.69, 9.17) is 0 Å². The van der Waals surface area contributed by atoms with E-state index in [9.17, 15) is 10.1 Å². The van der Waals surface area contributed by atoms with Crippen molar-refractivity contribution in [2.45, 2.75) is 6.92 Å². The van der Waals surface area contributed by atoms with Crippen LogP contribution in [0.1, 0.15) is 5.56 Å². The third kappa shape index (κ3) is 3.37. The van der Waals surface area contributed by atoms with Gasteiger partial charge in [0.25, 0.3) is 0 Å². The molecule has 0 aromatic heterocycles. The van der Waals surface area contributed by atoms with Crippen molar-refractivity contribution in [1.29, 1.82) is 0 Å². The SMILES string of the molecule is Cc1ccc(N/C=C/[N+](=O)[O-])cc1. The fourth-order valence-corrected chi connectivity index (χ4v) is 0.844. The highest BCUT2D eigenvalue weighted by atomic mass is 16.6. The summed E-state index contributed by atoms with van der Waals surface area (Å²) in [6.07, 6.45) is 2.16. The van der Waals surface area contributed by atoms with E-state index in [1.54, 1.807) is 0 Å². The van der Waals surface area contributed by atoms with E-state index in [0.29, 0.717) is 0 Å². The van der Waals surface area contributed by atoms with Gasteiger partial charge in [-0.15, -0.1) is 0 Å². The zero-order valence-electron chi connectivity index (χ0n) is 7.23. The zero-order chi connectivity index (χ0) is 9.68. The fourth-order valence-electron chi connectivity index (χ4n) is 0.844. The first-order valence-corrected chi connectivity index (χ1v) is 3.82. The third-order valence-electron chi connectivity index (χ3n) is 1.50. The monoisotopic (exact) mass is 178 g/mol. The van der Waals surface area contributed by atoms with Crippen molar-refractivity contribution in [2.24, 2.45) is 0 Å². The summed E-state index contributed by atoms with van der Waals surface area (Å²) in [6, 6.07) is 7.59. The van der Waals surface area contributed by atoms with Crippen molar-refractivity contribution in [3.8, 4) is 0 Å². The summed E-state index contributed by atoms with van der Waals surface area (Å²) >= 11 is 0. The predicted octanol–water partition coefficient (Wildman–Crippen LogP) is 2.15. The lowest BCUT2D eigenvalue weighted by Crippen LogP contribution is -1.90. The molecule has 1 rings (SSSR count). The Morgan fingerprint density at radius 1 is 1.38 bits per heavy atom. The quantitative estimate of drug-likeness (QED) is 0.570. The number of rotatable bonds is 3. The molecule has 13 heavy (non-hydrogen) atoms. The van der Waals surface area contributed by atoms with Crippen LogP contribution in [0.15, 0.2) is 36.7 Å². The van der Waals surface area contributed by atoms with Gasteiger partial charge in [0.15, 0.2) is 0 Å². The van der Waals surface area contributed by atoms with Gasteiger partial charge in [0, 0.05) is 5.69 Å². The van der Waals surface area contributed by atoms with Gasteiger partial charge in [-0.05, 0) is 19.1 Å². The van der Waals surface area contributed by atoms with Crippen LogP contribution >= 0.6 is 0 Å². The van der Waals surface area contributed by atoms with Crippen LogP contribution in [0.5, 0.6) is 0 Å². The molecule has 0 amide bonds. The maximum Gasteiger partial charge on any atom is 0.250 e. The summed E-state index contributed by atoms with van der Waals surface area (Å²) in [5.41, 5.74) is 1.99. The average Bonchev–Trinajstić information content (AvgIpc) is 2.08. The number of aryl methyl sites for hydroxylation is 1. The first-order valence-electron chi connectivity index (χ1n) is 3.82. The molecular weight excluding hydrogens is 168 g/mol. The minimum absolute atomic E-state index is 0.513. The van der Waals surface area contributed by atoms with E-state index >= 15 is 0 Å². The Bertz CT molecular complexity index is 317. The average molecular weight is 178 g/mol. The van der Waals surface area contributed by atoms with Crippen LogP contribution in [0.4, 0.5) is 5.69 Å². The lowest BCUT2D eigenvalue weighted by molar-refractivity contribution is -0.402. The van der Waals surface area contributed by atoms with Crippen LogP contribution < -0.4 is 5.32 Å². The minimum atomic E-state index is -0.513. The first-order chi connectivity index (χ1) is 6.18. The molecule has 0 heterocycles. The Kier molecular flexibility index (Phi) is 3.03. The van der Waals surface area contributed by atoms with E-state index in [0.717, 1.165) is 17.5 Å². The molecule has 1 aromatic carbocycles. The van der Waals surface area contributed by atoms with Crippen LogP contribution in [0.3, 0.4) is 0 Å². The molecule has 0 aliphatic carbocycles. The number of hydrogen-bond donors (Lipinski definition) is 1. The molecule has 0 spiro atoms. The molecule has 4 heteroatoms. The number of hydrogen-bond acceptors (Lipinski definition) is 3. The molecule has 0 bridgehead atoms. The van der Waals surface area contributed by atoms with Gasteiger partial charge in [-0.3, -0.25) is 10.1 Å². The fraction of sp³-hybridized carbons (Fsp3) is 0.111. The van der Waals surface area contributed by atoms with Crippen LogP contribution in [0.25, 0.3) is 0 Å². The molecule has 68 valence electrons. The molecule has 0 saturated carbocycles. The maximum absolute atomic E-state index is 9.92. The Labute approximate surface area is 76.0 Å². The molecule has 0 aliphatic rings. The normalized spacial score (nSPS) is 10.2. The van der Waals surface area contributed by atoms with Crippen molar-refractivity contribution in [3.05, 3.63) is 52.3 Å². The summed E-state index contributed by atoms with van der Waals surface area (Å²) < 4.78 is 0. The highest BCUT2D eigenvalue weighted by Crippen LogP contribution is 2.07. The van der Waals surface area contributed by atoms with Crippen LogP contribution in [0.2, 0.25) is 0 Å². The maximum atomic E-state index is 9.92. The van der Waals surface area contributed by atoms with Gasteiger partial charge in [-0.25, -0.2) is 0 Å². The first kappa shape index (κ1) is 9.25. The highest BCUT2D eigenvalue weighted by molar-refractivity contribution is 5.46. The predicted molar refractivity (Wildman–Crippen MR) is 50.9 cm³/mol. The highest BCUT2D eigenvalue weighted by Gasteiger charge is 1.88. The van der Waals surface area contributed by atoms with Crippen molar-refractivity contribution >= 4 is 5.69 Å². The zero-order valence-corrected chi connectivity index (χ0v) is 7.23. The van der Waals surface area contributed by atoms with Crippen molar-refractivity contribution in [1.82, 2.24) is 0 Å². The minimum Gasteiger partial charge on any atom is -0.356 e. The van der Waals surface area contributed by atoms with Crippen LogP contribution in [0, 0.1) is 17.0 Å². The molecular formula is C9H10N2O2. The van der Waals surface area contributed by atoms with Crippen LogP contribution in [-0.4, -0.2) is 4.92 Å². The number of nitrogens with one attached hydrogen (secondary N) is 1. The van der Waals surface area contributed by atoms with E-state index in [1.807, 2.05) is 31.2 Å². The number of benzene rings is 1. The van der Waals surface area contributed by atoms with Gasteiger partial charge in [0.2, 0.25) is 6.20 Å². The van der Waals surface area contributed by atoms with E-state index in [1.165, 1.54) is 6.20 Å². The van der Waals surface area contributed by atoms with Gasteiger partial charge >= 0.3 is 0 Å². The number of nitrogens with zero attached hydrogens (tertiary/aromatic N) is 1. The molecule has 0 radical (unpaired) electrons. The van der Waals surface area contributed by atoms with Gasteiger partial charge in [-0.1, -0.05) is 17.7 Å². The molecule has 0 aliphatic heterocycles. The van der Waals surface area contributed by atoms with Crippen molar-refractivity contribution in [3.63, 3.8) is 0 Å². The van der Waals surface area contributed by atoms with E-state index in [-0.39, 0.29) is 0 Å². The second-order valence-corrected chi connectivity index (χ2v) is 2.61. The summed E-state index contributed by atoms with van der Waals surface area (Å²) in [4.78, 5) is 9.41. The van der Waals surface area contributed by atoms with Gasteiger partial charge < -0.3 is 5.32 Å². The standard InChI is InChI=1S/C9H10N2O2/c1-8-2-4-9(5-3-8)10-6-7-11(12)13/h2-7,10H,1H3/b7-6+. The molecule has 0 saturated heterocycles. The van der Waals surface area contributed by atoms with Crippen LogP contribution in [-0.2, 0) is 0 Å². The largest absolute Gasteiger partial charge is 0.356 e. The second kappa shape index (κ2) is 4.25. The van der Waals surface area contributed by atoms with Gasteiger partial charge in [-0.2, -0.15) is 0 Å². The lowest BCUT2D eigenvalue weighted by atomic mass is 10.2. The summed E-state index contributed by atoms with van der Waals surface area (Å²) in [6.45, 7) is 1.98. The van der Waals surface area contributed by atoms with E-state index < -0.39 is 4.92 Å².